The Bertz CT molecular complexity index is 171. The van der Waals surface area contributed by atoms with Crippen molar-refractivity contribution in [2.24, 2.45) is 0 Å². The van der Waals surface area contributed by atoms with Gasteiger partial charge in [0.15, 0.2) is 0 Å². The highest BCUT2D eigenvalue weighted by Gasteiger charge is 2.18. The lowest BCUT2D eigenvalue weighted by atomic mass is 10.2. The van der Waals surface area contributed by atoms with Gasteiger partial charge in [-0.15, -0.1) is 0 Å². The highest BCUT2D eigenvalue weighted by Crippen LogP contribution is 2.02. The number of rotatable bonds is 4. The summed E-state index contributed by atoms with van der Waals surface area (Å²) in [5.74, 6) is 0. The lowest BCUT2D eigenvalue weighted by Gasteiger charge is -2.16. The Morgan fingerprint density at radius 1 is 1.71 bits per heavy atom. The first-order valence-electron chi connectivity index (χ1n) is 5.02. The highest BCUT2D eigenvalue weighted by molar-refractivity contribution is 5.74. The molecule has 0 saturated carbocycles. The maximum Gasteiger partial charge on any atom is 0.315 e. The van der Waals surface area contributed by atoms with Crippen molar-refractivity contribution < 1.29 is 14.6 Å². The SMILES string of the molecule is CC[C@@H](CO)NC(=O)NC1CCOC1. The van der Waals surface area contributed by atoms with Gasteiger partial charge in [0.2, 0.25) is 0 Å². The van der Waals surface area contributed by atoms with Crippen LogP contribution in [-0.4, -0.2) is 43.0 Å². The quantitative estimate of drug-likeness (QED) is 0.593. The maximum absolute atomic E-state index is 11.3. The molecule has 1 aliphatic heterocycles. The van der Waals surface area contributed by atoms with Gasteiger partial charge in [-0.05, 0) is 12.8 Å². The van der Waals surface area contributed by atoms with Gasteiger partial charge < -0.3 is 20.5 Å². The number of urea groups is 1. The number of carbonyl (C=O) groups is 1. The molecule has 0 spiro atoms. The summed E-state index contributed by atoms with van der Waals surface area (Å²) in [5, 5.41) is 14.3. The Morgan fingerprint density at radius 3 is 3.00 bits per heavy atom. The van der Waals surface area contributed by atoms with E-state index >= 15 is 0 Å². The third-order valence-electron chi connectivity index (χ3n) is 2.31. The van der Waals surface area contributed by atoms with E-state index < -0.39 is 0 Å². The van der Waals surface area contributed by atoms with Crippen LogP contribution in [0.3, 0.4) is 0 Å². The van der Waals surface area contributed by atoms with E-state index in [1.165, 1.54) is 0 Å². The number of aliphatic hydroxyl groups is 1. The van der Waals surface area contributed by atoms with Crippen LogP contribution in [0.4, 0.5) is 4.79 Å². The minimum Gasteiger partial charge on any atom is -0.394 e. The highest BCUT2D eigenvalue weighted by atomic mass is 16.5. The Morgan fingerprint density at radius 2 is 2.50 bits per heavy atom. The van der Waals surface area contributed by atoms with Gasteiger partial charge in [0.05, 0.1) is 25.3 Å². The van der Waals surface area contributed by atoms with Gasteiger partial charge in [-0.25, -0.2) is 4.79 Å². The number of hydrogen-bond donors (Lipinski definition) is 3. The second kappa shape index (κ2) is 5.82. The summed E-state index contributed by atoms with van der Waals surface area (Å²) in [6.07, 6.45) is 1.59. The van der Waals surface area contributed by atoms with Crippen molar-refractivity contribution in [1.29, 1.82) is 0 Å². The monoisotopic (exact) mass is 202 g/mol. The fourth-order valence-corrected chi connectivity index (χ4v) is 1.34. The lowest BCUT2D eigenvalue weighted by molar-refractivity contribution is 0.186. The molecular weight excluding hydrogens is 184 g/mol. The molecule has 1 aliphatic rings. The number of ether oxygens (including phenoxy) is 1. The lowest BCUT2D eigenvalue weighted by Crippen LogP contribution is -2.47. The second-order valence-corrected chi connectivity index (χ2v) is 3.47. The Hall–Kier alpha value is -0.810. The number of nitrogens with one attached hydrogen (secondary N) is 2. The molecule has 1 heterocycles. The Balaban J connectivity index is 2.20. The zero-order valence-electron chi connectivity index (χ0n) is 8.45. The first-order valence-corrected chi connectivity index (χ1v) is 5.02. The first kappa shape index (κ1) is 11.3. The number of aliphatic hydroxyl groups excluding tert-OH is 1. The van der Waals surface area contributed by atoms with Crippen molar-refractivity contribution in [3.63, 3.8) is 0 Å². The minimum absolute atomic E-state index is 0.0227. The molecule has 2 atom stereocenters. The summed E-state index contributed by atoms with van der Waals surface area (Å²) < 4.78 is 5.12. The molecule has 0 bridgehead atoms. The molecule has 0 aromatic rings. The van der Waals surface area contributed by atoms with E-state index in [9.17, 15) is 4.79 Å². The van der Waals surface area contributed by atoms with Crippen molar-refractivity contribution in [1.82, 2.24) is 10.6 Å². The standard InChI is InChI=1S/C9H18N2O3/c1-2-7(5-12)10-9(13)11-8-3-4-14-6-8/h7-8,12H,2-6H2,1H3,(H2,10,11,13)/t7-,8?/m0/s1. The minimum atomic E-state index is -0.221. The van der Waals surface area contributed by atoms with E-state index in [-0.39, 0.29) is 24.7 Å². The van der Waals surface area contributed by atoms with Crippen molar-refractivity contribution >= 4 is 6.03 Å². The van der Waals surface area contributed by atoms with Gasteiger partial charge in [-0.1, -0.05) is 6.92 Å². The zero-order valence-corrected chi connectivity index (χ0v) is 8.45. The average molecular weight is 202 g/mol. The van der Waals surface area contributed by atoms with Crippen LogP contribution in [0.5, 0.6) is 0 Å². The van der Waals surface area contributed by atoms with E-state index in [1.807, 2.05) is 6.92 Å². The van der Waals surface area contributed by atoms with Crippen molar-refractivity contribution in [2.75, 3.05) is 19.8 Å². The van der Waals surface area contributed by atoms with Gasteiger partial charge in [0, 0.05) is 6.61 Å². The van der Waals surface area contributed by atoms with Crippen molar-refractivity contribution in [3.8, 4) is 0 Å². The maximum atomic E-state index is 11.3. The van der Waals surface area contributed by atoms with Crippen LogP contribution in [0, 0.1) is 0 Å². The fourth-order valence-electron chi connectivity index (χ4n) is 1.34. The molecule has 1 fully saturated rings. The molecule has 82 valence electrons. The number of hydrogen-bond acceptors (Lipinski definition) is 3. The predicted molar refractivity (Wildman–Crippen MR) is 52.1 cm³/mol. The van der Waals surface area contributed by atoms with E-state index in [4.69, 9.17) is 9.84 Å². The molecule has 0 aromatic carbocycles. The second-order valence-electron chi connectivity index (χ2n) is 3.47. The predicted octanol–water partition coefficient (Wildman–Crippen LogP) is -0.155. The van der Waals surface area contributed by atoms with Crippen LogP contribution in [-0.2, 0) is 4.74 Å². The molecule has 0 radical (unpaired) electrons. The van der Waals surface area contributed by atoms with Crippen molar-refractivity contribution in [3.05, 3.63) is 0 Å². The number of carbonyl (C=O) groups excluding carboxylic acids is 1. The fraction of sp³-hybridized carbons (Fsp3) is 0.889. The van der Waals surface area contributed by atoms with Crippen LogP contribution in [0.15, 0.2) is 0 Å². The molecule has 0 aliphatic carbocycles. The van der Waals surface area contributed by atoms with Crippen LogP contribution < -0.4 is 10.6 Å². The van der Waals surface area contributed by atoms with Crippen LogP contribution in [0.1, 0.15) is 19.8 Å². The third kappa shape index (κ3) is 3.51. The molecule has 5 nitrogen and oxygen atoms in total. The Labute approximate surface area is 83.8 Å². The molecule has 5 heteroatoms. The van der Waals surface area contributed by atoms with Gasteiger partial charge in [0.1, 0.15) is 0 Å². The first-order chi connectivity index (χ1) is 6.76. The third-order valence-corrected chi connectivity index (χ3v) is 2.31. The van der Waals surface area contributed by atoms with E-state index in [1.54, 1.807) is 0 Å². The molecule has 14 heavy (non-hydrogen) atoms. The molecule has 1 rings (SSSR count). The van der Waals surface area contributed by atoms with E-state index in [0.29, 0.717) is 13.2 Å². The smallest absolute Gasteiger partial charge is 0.315 e. The van der Waals surface area contributed by atoms with Crippen LogP contribution >= 0.6 is 0 Å². The van der Waals surface area contributed by atoms with E-state index in [0.717, 1.165) is 12.8 Å². The van der Waals surface area contributed by atoms with Gasteiger partial charge >= 0.3 is 6.03 Å². The molecular formula is C9H18N2O3. The van der Waals surface area contributed by atoms with Crippen LogP contribution in [0.25, 0.3) is 0 Å². The summed E-state index contributed by atoms with van der Waals surface area (Å²) in [6.45, 7) is 3.19. The summed E-state index contributed by atoms with van der Waals surface area (Å²) >= 11 is 0. The summed E-state index contributed by atoms with van der Waals surface area (Å²) in [5.41, 5.74) is 0. The van der Waals surface area contributed by atoms with Crippen LogP contribution in [0.2, 0.25) is 0 Å². The number of amides is 2. The van der Waals surface area contributed by atoms with Gasteiger partial charge in [-0.3, -0.25) is 0 Å². The summed E-state index contributed by atoms with van der Waals surface area (Å²) in [6, 6.07) is -0.259. The normalized spacial score (nSPS) is 23.1. The molecule has 1 saturated heterocycles. The summed E-state index contributed by atoms with van der Waals surface area (Å²) in [4.78, 5) is 11.3. The Kier molecular flexibility index (Phi) is 4.69. The van der Waals surface area contributed by atoms with Gasteiger partial charge in [0.25, 0.3) is 0 Å². The van der Waals surface area contributed by atoms with E-state index in [2.05, 4.69) is 10.6 Å². The van der Waals surface area contributed by atoms with Crippen molar-refractivity contribution in [2.45, 2.75) is 31.8 Å². The average Bonchev–Trinajstić information content (AvgIpc) is 2.66. The summed E-state index contributed by atoms with van der Waals surface area (Å²) in [7, 11) is 0. The molecule has 0 aromatic heterocycles. The molecule has 1 unspecified atom stereocenters. The topological polar surface area (TPSA) is 70.6 Å². The molecule has 2 amide bonds. The zero-order chi connectivity index (χ0) is 10.4. The van der Waals surface area contributed by atoms with Gasteiger partial charge in [-0.2, -0.15) is 0 Å². The molecule has 3 N–H and O–H groups in total. The largest absolute Gasteiger partial charge is 0.394 e.